The minimum atomic E-state index is -0.817. The highest BCUT2D eigenvalue weighted by Gasteiger charge is 2.35. The van der Waals surface area contributed by atoms with Gasteiger partial charge in [0.05, 0.1) is 12.7 Å². The highest BCUT2D eigenvalue weighted by molar-refractivity contribution is 5.38. The van der Waals surface area contributed by atoms with Gasteiger partial charge in [-0.15, -0.1) is 0 Å². The molecule has 4 N–H and O–H groups in total. The molecule has 8 nitrogen and oxygen atoms in total. The number of ether oxygens (including phenoxy) is 1. The van der Waals surface area contributed by atoms with Gasteiger partial charge in [0, 0.05) is 18.2 Å². The van der Waals surface area contributed by atoms with Crippen LogP contribution in [0.5, 0.6) is 0 Å². The predicted molar refractivity (Wildman–Crippen MR) is 60.3 cm³/mol. The first kappa shape index (κ1) is 13.0. The number of aromatic nitrogens is 2. The lowest BCUT2D eigenvalue weighted by Gasteiger charge is -2.15. The minimum absolute atomic E-state index is 0.0773. The maximum Gasteiger partial charge on any atom is 0.351 e. The Balaban J connectivity index is 2.30. The largest absolute Gasteiger partial charge is 0.394 e. The molecule has 1 unspecified atom stereocenters. The van der Waals surface area contributed by atoms with Gasteiger partial charge in [0.15, 0.2) is 5.82 Å². The number of rotatable bonds is 3. The Bertz CT molecular complexity index is 489. The molecule has 2 heterocycles. The first-order valence-corrected chi connectivity index (χ1v) is 5.51. The second kappa shape index (κ2) is 5.02. The highest BCUT2D eigenvalue weighted by Crippen LogP contribution is 2.27. The van der Waals surface area contributed by atoms with Gasteiger partial charge < -0.3 is 14.9 Å². The van der Waals surface area contributed by atoms with Crippen LogP contribution in [0.2, 0.25) is 0 Å². The number of nitrogens with one attached hydrogen (secondary N) is 1. The smallest absolute Gasteiger partial charge is 0.351 e. The van der Waals surface area contributed by atoms with E-state index in [1.165, 1.54) is 10.8 Å². The van der Waals surface area contributed by atoms with Crippen LogP contribution in [0, 0.1) is 6.92 Å². The zero-order valence-corrected chi connectivity index (χ0v) is 9.78. The summed E-state index contributed by atoms with van der Waals surface area (Å²) in [7, 11) is 0. The van der Waals surface area contributed by atoms with E-state index in [4.69, 9.17) is 15.1 Å². The molecule has 0 spiro atoms. The van der Waals surface area contributed by atoms with Gasteiger partial charge in [-0.05, 0) is 6.92 Å². The molecule has 0 radical (unpaired) electrons. The number of hydrogen-bond donors (Lipinski definition) is 4. The number of aliphatic hydroxyl groups is 2. The zero-order chi connectivity index (χ0) is 13.3. The number of aryl methyl sites for hydroxylation is 1. The topological polar surface area (TPSA) is 117 Å². The number of nitrogens with zero attached hydrogens (tertiary/aromatic N) is 2. The summed E-state index contributed by atoms with van der Waals surface area (Å²) in [5.74, 6) is 0.0773. The van der Waals surface area contributed by atoms with Crippen molar-refractivity contribution in [2.45, 2.75) is 31.8 Å². The van der Waals surface area contributed by atoms with Crippen molar-refractivity contribution in [2.24, 2.45) is 0 Å². The molecule has 1 saturated heterocycles. The van der Waals surface area contributed by atoms with Gasteiger partial charge in [0.2, 0.25) is 0 Å². The Kier molecular flexibility index (Phi) is 3.62. The third kappa shape index (κ3) is 2.23. The van der Waals surface area contributed by atoms with E-state index in [-0.39, 0.29) is 18.8 Å². The molecule has 1 aromatic rings. The Morgan fingerprint density at radius 3 is 2.94 bits per heavy atom. The van der Waals surface area contributed by atoms with Gasteiger partial charge in [-0.2, -0.15) is 4.98 Å². The highest BCUT2D eigenvalue weighted by atomic mass is 16.5. The van der Waals surface area contributed by atoms with Crippen molar-refractivity contribution < 1.29 is 20.2 Å². The molecule has 1 aliphatic rings. The van der Waals surface area contributed by atoms with Gasteiger partial charge >= 0.3 is 5.69 Å². The molecule has 3 atom stereocenters. The molecule has 1 aromatic heterocycles. The number of aliphatic hydroxyl groups excluding tert-OH is 2. The van der Waals surface area contributed by atoms with Crippen LogP contribution >= 0.6 is 0 Å². The van der Waals surface area contributed by atoms with E-state index in [0.29, 0.717) is 5.56 Å². The van der Waals surface area contributed by atoms with Crippen LogP contribution in [0.1, 0.15) is 18.2 Å². The summed E-state index contributed by atoms with van der Waals surface area (Å²) in [5, 5.41) is 27.3. The summed E-state index contributed by atoms with van der Waals surface area (Å²) in [6.45, 7) is 1.35. The zero-order valence-electron chi connectivity index (χ0n) is 9.78. The molecule has 2 rings (SSSR count). The molecule has 0 aliphatic carbocycles. The molecule has 1 aliphatic heterocycles. The lowest BCUT2D eigenvalue weighted by Crippen LogP contribution is -2.28. The minimum Gasteiger partial charge on any atom is -0.394 e. The molecule has 0 amide bonds. The van der Waals surface area contributed by atoms with Crippen molar-refractivity contribution in [2.75, 3.05) is 12.1 Å². The predicted octanol–water partition coefficient (Wildman–Crippen LogP) is -1.01. The Hall–Kier alpha value is -1.48. The van der Waals surface area contributed by atoms with Gasteiger partial charge in [-0.25, -0.2) is 4.79 Å². The Morgan fingerprint density at radius 1 is 1.67 bits per heavy atom. The summed E-state index contributed by atoms with van der Waals surface area (Å²) in [6.07, 6.45) is -0.493. The van der Waals surface area contributed by atoms with Crippen LogP contribution in [0.25, 0.3) is 0 Å². The van der Waals surface area contributed by atoms with Crippen LogP contribution in [-0.4, -0.2) is 43.8 Å². The third-order valence-corrected chi connectivity index (χ3v) is 2.93. The molecular formula is C10H15N3O5. The van der Waals surface area contributed by atoms with Gasteiger partial charge in [-0.1, -0.05) is 0 Å². The third-order valence-electron chi connectivity index (χ3n) is 2.93. The monoisotopic (exact) mass is 257 g/mol. The van der Waals surface area contributed by atoms with E-state index < -0.39 is 24.1 Å². The molecule has 0 saturated carbocycles. The fraction of sp³-hybridized carbons (Fsp3) is 0.600. The molecule has 0 aromatic carbocycles. The van der Waals surface area contributed by atoms with Crippen molar-refractivity contribution >= 4 is 5.82 Å². The molecular weight excluding hydrogens is 242 g/mol. The fourth-order valence-electron chi connectivity index (χ4n) is 1.94. The molecule has 1 fully saturated rings. The average molecular weight is 257 g/mol. The molecule has 0 bridgehead atoms. The van der Waals surface area contributed by atoms with Crippen LogP contribution in [0.15, 0.2) is 11.0 Å². The van der Waals surface area contributed by atoms with Gasteiger partial charge in [0.1, 0.15) is 12.3 Å². The van der Waals surface area contributed by atoms with E-state index in [0.717, 1.165) is 0 Å². The van der Waals surface area contributed by atoms with E-state index >= 15 is 0 Å². The standard InChI is InChI=1S/C10H15N3O5/c1-5-3-13(10(16)11-9(5)12-17)8-2-6(15)7(4-14)18-8/h3,6-8,14-15,17H,2,4H2,1H3,(H,11,12,16)/t6?,7-,8-/m1/s1. The first-order valence-electron chi connectivity index (χ1n) is 5.51. The normalized spacial score (nSPS) is 27.4. The number of anilines is 1. The summed E-state index contributed by atoms with van der Waals surface area (Å²) in [6, 6.07) is 0. The van der Waals surface area contributed by atoms with Crippen molar-refractivity contribution in [3.63, 3.8) is 0 Å². The van der Waals surface area contributed by atoms with Crippen LogP contribution < -0.4 is 11.2 Å². The molecule has 18 heavy (non-hydrogen) atoms. The maximum absolute atomic E-state index is 11.7. The average Bonchev–Trinajstić information content (AvgIpc) is 2.72. The van der Waals surface area contributed by atoms with Crippen LogP contribution in [-0.2, 0) is 4.74 Å². The second-order valence-electron chi connectivity index (χ2n) is 4.19. The second-order valence-corrected chi connectivity index (χ2v) is 4.19. The van der Waals surface area contributed by atoms with Crippen molar-refractivity contribution in [1.29, 1.82) is 0 Å². The van der Waals surface area contributed by atoms with Gasteiger partial charge in [0.25, 0.3) is 0 Å². The van der Waals surface area contributed by atoms with Crippen LogP contribution in [0.4, 0.5) is 5.82 Å². The van der Waals surface area contributed by atoms with E-state index in [1.54, 1.807) is 6.92 Å². The molecule has 100 valence electrons. The Morgan fingerprint density at radius 2 is 2.39 bits per heavy atom. The van der Waals surface area contributed by atoms with E-state index in [9.17, 15) is 9.90 Å². The van der Waals surface area contributed by atoms with Crippen molar-refractivity contribution in [3.05, 3.63) is 22.2 Å². The summed E-state index contributed by atoms with van der Waals surface area (Å²) >= 11 is 0. The SMILES string of the molecule is Cc1cn([C@H]2CC(O)[C@@H](CO)O2)c(=O)nc1NO. The Labute approximate surface area is 102 Å². The maximum atomic E-state index is 11.7. The van der Waals surface area contributed by atoms with Gasteiger partial charge in [-0.3, -0.25) is 15.3 Å². The van der Waals surface area contributed by atoms with E-state index in [2.05, 4.69) is 4.98 Å². The van der Waals surface area contributed by atoms with Crippen molar-refractivity contribution in [1.82, 2.24) is 9.55 Å². The van der Waals surface area contributed by atoms with Crippen LogP contribution in [0.3, 0.4) is 0 Å². The lowest BCUT2D eigenvalue weighted by molar-refractivity contribution is -0.0459. The molecule has 8 heteroatoms. The lowest BCUT2D eigenvalue weighted by atomic mass is 10.2. The summed E-state index contributed by atoms with van der Waals surface area (Å²) < 4.78 is 6.59. The van der Waals surface area contributed by atoms with Crippen molar-refractivity contribution in [3.8, 4) is 0 Å². The first-order chi connectivity index (χ1) is 8.56. The summed E-state index contributed by atoms with van der Waals surface area (Å²) in [4.78, 5) is 15.4. The summed E-state index contributed by atoms with van der Waals surface area (Å²) in [5.41, 5.74) is 1.78. The number of hydrogen-bond acceptors (Lipinski definition) is 7. The fourth-order valence-corrected chi connectivity index (χ4v) is 1.94. The van der Waals surface area contributed by atoms with E-state index in [1.807, 2.05) is 5.48 Å². The quantitative estimate of drug-likeness (QED) is 0.513.